The van der Waals surface area contributed by atoms with Gasteiger partial charge in [-0.05, 0) is 0 Å². The van der Waals surface area contributed by atoms with Gasteiger partial charge in [0.2, 0.25) is 0 Å². The van der Waals surface area contributed by atoms with E-state index in [1.807, 2.05) is 0 Å². The molecule has 0 aliphatic rings. The van der Waals surface area contributed by atoms with Crippen LogP contribution in [0.2, 0.25) is 0 Å². The van der Waals surface area contributed by atoms with Crippen molar-refractivity contribution in [3.8, 4) is 0 Å². The van der Waals surface area contributed by atoms with E-state index in [-0.39, 0.29) is 75.5 Å². The van der Waals surface area contributed by atoms with Crippen molar-refractivity contribution in [1.82, 2.24) is 0 Å². The van der Waals surface area contributed by atoms with Gasteiger partial charge in [0.05, 0.1) is 15.6 Å². The molecule has 0 amide bonds. The fourth-order valence-corrected chi connectivity index (χ4v) is 1.10. The van der Waals surface area contributed by atoms with E-state index in [1.54, 1.807) is 0 Å². The molecule has 21 heteroatoms. The van der Waals surface area contributed by atoms with Gasteiger partial charge < -0.3 is 62.4 Å². The summed E-state index contributed by atoms with van der Waals surface area (Å²) in [5.74, 6) is 0. The zero-order chi connectivity index (χ0) is 16.7. The van der Waals surface area contributed by atoms with Gasteiger partial charge in [-0.2, -0.15) is 0 Å². The van der Waals surface area contributed by atoms with Gasteiger partial charge in [-0.25, -0.2) is 9.13 Å². The minimum Gasteiger partial charge on any atom is -0.790 e. The van der Waals surface area contributed by atoms with Crippen LogP contribution in [0.25, 0.3) is 0 Å². The van der Waals surface area contributed by atoms with E-state index in [1.165, 1.54) is 0 Å². The average Bonchev–Trinajstić information content (AvgIpc) is 1.63. The van der Waals surface area contributed by atoms with E-state index < -0.39 is 31.3 Å². The fourth-order valence-electron chi connectivity index (χ4n) is 0.122. The van der Waals surface area contributed by atoms with Gasteiger partial charge >= 0.3 is 91.1 Å². The van der Waals surface area contributed by atoms with E-state index in [2.05, 4.69) is 4.31 Å². The molecule has 0 saturated carbocycles. The first-order chi connectivity index (χ1) is 7.71. The largest absolute Gasteiger partial charge is 2.00 e. The Labute approximate surface area is 176 Å². The summed E-state index contributed by atoms with van der Waals surface area (Å²) in [5.41, 5.74) is 0. The van der Waals surface area contributed by atoms with Crippen molar-refractivity contribution in [2.24, 2.45) is 0 Å². The van der Waals surface area contributed by atoms with Crippen molar-refractivity contribution in [2.75, 3.05) is 0 Å². The Morgan fingerprint density at radius 3 is 0.667 bits per heavy atom. The fraction of sp³-hybridized carbons (Fsp3) is 0. The minimum atomic E-state index is -5.68. The zero-order valence-corrected chi connectivity index (χ0v) is 17.6. The quantitative estimate of drug-likeness (QED) is 0.169. The van der Waals surface area contributed by atoms with Crippen LogP contribution in [0.3, 0.4) is 0 Å². The van der Waals surface area contributed by atoms with Crippen molar-refractivity contribution in [2.45, 2.75) is 0 Å². The van der Waals surface area contributed by atoms with Crippen LogP contribution in [-0.2, 0) is 22.6 Å². The van der Waals surface area contributed by atoms with Crippen LogP contribution >= 0.6 is 31.3 Å². The molecule has 0 atom stereocenters. The van der Waals surface area contributed by atoms with Crippen LogP contribution in [0.15, 0.2) is 0 Å². The first-order valence-corrected chi connectivity index (χ1v) is 9.08. The molecule has 0 saturated heterocycles. The minimum absolute atomic E-state index is 0. The summed E-state index contributed by atoms with van der Waals surface area (Å²) in [6.45, 7) is 0. The summed E-state index contributed by atoms with van der Waals surface area (Å²) in [6.07, 6.45) is 0. The summed E-state index contributed by atoms with van der Waals surface area (Å²) < 4.78 is 38.9. The molecule has 0 aromatic rings. The van der Waals surface area contributed by atoms with Gasteiger partial charge in [-0.1, -0.05) is 0 Å². The summed E-state index contributed by atoms with van der Waals surface area (Å²) in [7, 11) is -20.6. The van der Waals surface area contributed by atoms with E-state index in [9.17, 15) is 28.7 Å². The summed E-state index contributed by atoms with van der Waals surface area (Å²) >= 11 is 0. The summed E-state index contributed by atoms with van der Waals surface area (Å²) in [6, 6.07) is 0. The Balaban J connectivity index is -0.0000000622. The monoisotopic (exact) mass is 450 g/mol. The Hall–Kier alpha value is 3.00. The third-order valence-corrected chi connectivity index (χ3v) is 1.80. The predicted molar refractivity (Wildman–Crippen MR) is 56.3 cm³/mol. The molecule has 0 aliphatic carbocycles. The molecular formula is H6Ca2O15P4. The van der Waals surface area contributed by atoms with Gasteiger partial charge in [0.1, 0.15) is 0 Å². The van der Waals surface area contributed by atoms with Crippen LogP contribution in [0.5, 0.6) is 0 Å². The number of hydrogen-bond donors (Lipinski definition) is 6. The summed E-state index contributed by atoms with van der Waals surface area (Å²) in [4.78, 5) is 80.4. The molecule has 0 spiro atoms. The third kappa shape index (κ3) is 125. The Morgan fingerprint density at radius 2 is 0.667 bits per heavy atom. The van der Waals surface area contributed by atoms with Crippen molar-refractivity contribution < 1.29 is 71.5 Å². The van der Waals surface area contributed by atoms with Crippen LogP contribution in [-0.4, -0.2) is 105 Å². The van der Waals surface area contributed by atoms with E-state index in [4.69, 9.17) is 38.5 Å². The van der Waals surface area contributed by atoms with Crippen molar-refractivity contribution in [1.29, 1.82) is 0 Å². The molecule has 15 nitrogen and oxygen atoms in total. The molecule has 21 heavy (non-hydrogen) atoms. The number of hydrogen-bond acceptors (Lipinski definition) is 9. The van der Waals surface area contributed by atoms with Gasteiger partial charge in [0, 0.05) is 0 Å². The maximum atomic E-state index is 9.32. The second kappa shape index (κ2) is 14.2. The molecule has 0 aromatic heterocycles. The molecule has 6 N–H and O–H groups in total. The average molecular weight is 450 g/mol. The smallest absolute Gasteiger partial charge is 0.790 e. The molecule has 0 aliphatic heterocycles. The van der Waals surface area contributed by atoms with Crippen molar-refractivity contribution in [3.05, 3.63) is 0 Å². The normalized spacial score (nSPS) is 11.5. The molecule has 0 rings (SSSR count). The van der Waals surface area contributed by atoms with Gasteiger partial charge in [-0.3, -0.25) is 0 Å². The predicted octanol–water partition coefficient (Wildman–Crippen LogP) is -5.96. The van der Waals surface area contributed by atoms with Crippen LogP contribution in [0, 0.1) is 0 Å². The molecule has 0 aromatic carbocycles. The molecule has 120 valence electrons. The molecule has 0 unspecified atom stereocenters. The number of phosphoric acid groups is 4. The molecule has 0 bridgehead atoms. The second-order valence-electron chi connectivity index (χ2n) is 2.00. The van der Waals surface area contributed by atoms with Crippen molar-refractivity contribution >= 4 is 107 Å². The van der Waals surface area contributed by atoms with Gasteiger partial charge in [0.25, 0.3) is 0 Å². The van der Waals surface area contributed by atoms with Gasteiger partial charge in [-0.15, -0.1) is 0 Å². The van der Waals surface area contributed by atoms with Crippen LogP contribution in [0.4, 0.5) is 0 Å². The van der Waals surface area contributed by atoms with E-state index in [0.29, 0.717) is 0 Å². The Bertz CT molecular complexity index is 358. The first kappa shape index (κ1) is 35.2. The van der Waals surface area contributed by atoms with E-state index >= 15 is 0 Å². The van der Waals surface area contributed by atoms with Gasteiger partial charge in [0.15, 0.2) is 0 Å². The molecule has 0 fully saturated rings. The Morgan fingerprint density at radius 1 is 0.571 bits per heavy atom. The van der Waals surface area contributed by atoms with Crippen LogP contribution < -0.4 is 19.6 Å². The number of rotatable bonds is 2. The third-order valence-electron chi connectivity index (χ3n) is 0.200. The topological polar surface area (TPSA) is 291 Å². The molecule has 0 heterocycles. The molecule has 0 radical (unpaired) electrons. The molecular weight excluding hydrogens is 444 g/mol. The standard InChI is InChI=1S/2Ca.H4O7P2.2H3O4P/c;;1-8(2,3)7-9(4,5)6;2*1-5(2,3)4/h;;(H2,1,2,3)(H2,4,5,6);2*(H3,1,2,3,4)/q2*+2;;;/p-4. The second-order valence-corrected chi connectivity index (χ2v) is 6.50. The van der Waals surface area contributed by atoms with E-state index in [0.717, 1.165) is 0 Å². The maximum Gasteiger partial charge on any atom is 2.00 e. The SMILES string of the molecule is O=P(O)(O)O.O=P(O)(O)O.O=P([O-])([O-])OP(=O)([O-])[O-].[Ca+2].[Ca+2]. The summed E-state index contributed by atoms with van der Waals surface area (Å²) in [5, 5.41) is 0. The maximum absolute atomic E-state index is 9.32. The van der Waals surface area contributed by atoms with Crippen LogP contribution in [0.1, 0.15) is 0 Å². The Kier molecular flexibility index (Phi) is 23.8. The zero-order valence-electron chi connectivity index (χ0n) is 9.56. The first-order valence-electron chi connectivity index (χ1n) is 3.03. The van der Waals surface area contributed by atoms with Crippen molar-refractivity contribution in [3.63, 3.8) is 0 Å².